The zero-order valence-electron chi connectivity index (χ0n) is 12.0. The number of hydrogen-bond acceptors (Lipinski definition) is 6. The first-order valence-corrected chi connectivity index (χ1v) is 7.52. The van der Waals surface area contributed by atoms with Gasteiger partial charge in [-0.05, 0) is 42.8 Å². The largest absolute Gasteiger partial charge is 0.325 e. The fourth-order valence-electron chi connectivity index (χ4n) is 1.78. The molecule has 0 radical (unpaired) electrons. The van der Waals surface area contributed by atoms with Gasteiger partial charge in [0.25, 0.3) is 0 Å². The Morgan fingerprint density at radius 1 is 1.29 bits per heavy atom. The third-order valence-electron chi connectivity index (χ3n) is 2.89. The minimum Gasteiger partial charge on any atom is -0.310 e. The molecule has 0 saturated carbocycles. The van der Waals surface area contributed by atoms with Crippen LogP contribution in [0.4, 0.5) is 15.6 Å². The molecule has 8 heteroatoms. The van der Waals surface area contributed by atoms with E-state index in [0.29, 0.717) is 11.2 Å². The smallest absolute Gasteiger partial charge is 0.310 e. The summed E-state index contributed by atoms with van der Waals surface area (Å²) in [5.74, 6) is 0. The number of carbonyl (C=O) groups is 1. The van der Waals surface area contributed by atoms with Crippen molar-refractivity contribution in [2.75, 3.05) is 17.2 Å². The quantitative estimate of drug-likeness (QED) is 0.763. The Kier molecular flexibility index (Phi) is 5.59. The Morgan fingerprint density at radius 3 is 2.67 bits per heavy atom. The van der Waals surface area contributed by atoms with Crippen molar-refractivity contribution in [2.24, 2.45) is 0 Å². The minimum atomic E-state index is -0.363. The van der Waals surface area contributed by atoms with Gasteiger partial charge in [-0.2, -0.15) is 0 Å². The second kappa shape index (κ2) is 7.65. The molecule has 1 aromatic heterocycles. The lowest BCUT2D eigenvalue weighted by molar-refractivity contribution is 0.262. The molecule has 0 aliphatic carbocycles. The van der Waals surface area contributed by atoms with Crippen LogP contribution in [-0.2, 0) is 0 Å². The van der Waals surface area contributed by atoms with Crippen LogP contribution >= 0.6 is 11.5 Å². The summed E-state index contributed by atoms with van der Waals surface area (Å²) in [4.78, 5) is 11.7. The zero-order valence-corrected chi connectivity index (χ0v) is 12.8. The molecular weight excluding hydrogens is 288 g/mol. The van der Waals surface area contributed by atoms with Crippen LogP contribution in [0.2, 0.25) is 0 Å². The first-order chi connectivity index (χ1) is 10.2. The molecule has 0 bridgehead atoms. The first-order valence-electron chi connectivity index (χ1n) is 6.75. The fraction of sp³-hybridized carbons (Fsp3) is 0.385. The molecule has 1 atom stereocenters. The lowest BCUT2D eigenvalue weighted by Crippen LogP contribution is -2.20. The van der Waals surface area contributed by atoms with Crippen LogP contribution in [0.5, 0.6) is 0 Å². The van der Waals surface area contributed by atoms with Crippen molar-refractivity contribution < 1.29 is 4.79 Å². The first kappa shape index (κ1) is 15.3. The molecular formula is C13H18N6OS. The van der Waals surface area contributed by atoms with Crippen molar-refractivity contribution in [3.05, 3.63) is 29.8 Å². The second-order valence-electron chi connectivity index (χ2n) is 4.54. The molecule has 112 valence electrons. The predicted molar refractivity (Wildman–Crippen MR) is 83.5 cm³/mol. The summed E-state index contributed by atoms with van der Waals surface area (Å²) in [5, 5.41) is 16.1. The molecule has 1 heterocycles. The van der Waals surface area contributed by atoms with Crippen molar-refractivity contribution in [1.29, 1.82) is 0 Å². The highest BCUT2D eigenvalue weighted by Gasteiger charge is 2.07. The molecule has 1 unspecified atom stereocenters. The van der Waals surface area contributed by atoms with Crippen molar-refractivity contribution in [3.63, 3.8) is 0 Å². The van der Waals surface area contributed by atoms with Crippen LogP contribution in [0.1, 0.15) is 31.9 Å². The van der Waals surface area contributed by atoms with Gasteiger partial charge < -0.3 is 10.6 Å². The molecule has 2 aromatic rings. The molecule has 7 nitrogen and oxygen atoms in total. The molecule has 3 N–H and O–H groups in total. The van der Waals surface area contributed by atoms with Gasteiger partial charge in [0.2, 0.25) is 5.13 Å². The number of nitrogens with zero attached hydrogens (tertiary/aromatic N) is 3. The maximum absolute atomic E-state index is 11.7. The Balaban J connectivity index is 1.88. The number of amides is 2. The normalized spacial score (nSPS) is 11.9. The molecule has 0 fully saturated rings. The fourth-order valence-corrected chi connectivity index (χ4v) is 2.14. The van der Waals surface area contributed by atoms with Crippen LogP contribution in [0.3, 0.4) is 0 Å². The van der Waals surface area contributed by atoms with E-state index in [1.165, 1.54) is 5.56 Å². The van der Waals surface area contributed by atoms with E-state index in [-0.39, 0.29) is 6.03 Å². The van der Waals surface area contributed by atoms with Crippen molar-refractivity contribution in [3.8, 4) is 0 Å². The maximum Gasteiger partial charge on any atom is 0.325 e. The highest BCUT2D eigenvalue weighted by molar-refractivity contribution is 7.09. The van der Waals surface area contributed by atoms with Crippen LogP contribution in [-0.4, -0.2) is 27.4 Å². The number of nitrogens with one attached hydrogen (secondary N) is 3. The molecule has 0 spiro atoms. The number of benzene rings is 1. The van der Waals surface area contributed by atoms with Gasteiger partial charge in [-0.25, -0.2) is 4.79 Å². The van der Waals surface area contributed by atoms with Gasteiger partial charge in [-0.15, -0.1) is 0 Å². The second-order valence-corrected chi connectivity index (χ2v) is 5.28. The Hall–Kier alpha value is -2.06. The lowest BCUT2D eigenvalue weighted by atomic mass is 10.1. The van der Waals surface area contributed by atoms with Crippen LogP contribution < -0.4 is 16.0 Å². The van der Waals surface area contributed by atoms with E-state index in [1.54, 1.807) is 0 Å². The van der Waals surface area contributed by atoms with Gasteiger partial charge in [0.1, 0.15) is 0 Å². The van der Waals surface area contributed by atoms with E-state index in [9.17, 15) is 4.79 Å². The number of rotatable bonds is 6. The molecule has 0 aliphatic rings. The molecule has 0 aliphatic heterocycles. The number of urea groups is 1. The van der Waals surface area contributed by atoms with Crippen LogP contribution in [0.25, 0.3) is 0 Å². The van der Waals surface area contributed by atoms with E-state index < -0.39 is 0 Å². The van der Waals surface area contributed by atoms with Gasteiger partial charge >= 0.3 is 6.03 Å². The zero-order chi connectivity index (χ0) is 15.1. The maximum atomic E-state index is 11.7. The van der Waals surface area contributed by atoms with Gasteiger partial charge in [-0.1, -0.05) is 28.6 Å². The molecule has 2 amide bonds. The Morgan fingerprint density at radius 2 is 2.05 bits per heavy atom. The van der Waals surface area contributed by atoms with E-state index in [0.717, 1.165) is 30.2 Å². The predicted octanol–water partition coefficient (Wildman–Crippen LogP) is 2.64. The summed E-state index contributed by atoms with van der Waals surface area (Å²) in [5.41, 5.74) is 1.90. The van der Waals surface area contributed by atoms with Crippen LogP contribution in [0, 0.1) is 0 Å². The SMILES string of the molecule is CCCNC(C)c1ccc(NC(=O)Nc2nnns2)cc1. The summed E-state index contributed by atoms with van der Waals surface area (Å²) in [6, 6.07) is 7.67. The average Bonchev–Trinajstić information content (AvgIpc) is 2.98. The number of aromatic nitrogens is 3. The van der Waals surface area contributed by atoms with Crippen molar-refractivity contribution in [1.82, 2.24) is 20.1 Å². The van der Waals surface area contributed by atoms with E-state index in [2.05, 4.69) is 44.6 Å². The Bertz CT molecular complexity index is 557. The third kappa shape index (κ3) is 4.76. The van der Waals surface area contributed by atoms with Gasteiger partial charge in [0, 0.05) is 23.3 Å². The molecule has 1 aromatic carbocycles. The molecule has 0 saturated heterocycles. The summed E-state index contributed by atoms with van der Waals surface area (Å²) in [7, 11) is 0. The standard InChI is InChI=1S/C13H18N6OS/c1-3-8-14-9(2)10-4-6-11(7-5-10)15-12(20)16-13-17-18-19-21-13/h4-7,9,14H,3,8H2,1-2H3,(H2,15,16,17,19,20). The lowest BCUT2D eigenvalue weighted by Gasteiger charge is -2.14. The van der Waals surface area contributed by atoms with Crippen molar-refractivity contribution in [2.45, 2.75) is 26.3 Å². The average molecular weight is 306 g/mol. The van der Waals surface area contributed by atoms with Crippen LogP contribution in [0.15, 0.2) is 24.3 Å². The topological polar surface area (TPSA) is 91.8 Å². The van der Waals surface area contributed by atoms with Gasteiger partial charge in [-0.3, -0.25) is 5.32 Å². The highest BCUT2D eigenvalue weighted by atomic mass is 32.1. The summed E-state index contributed by atoms with van der Waals surface area (Å²) in [6.45, 7) is 5.24. The van der Waals surface area contributed by atoms with E-state index >= 15 is 0 Å². The van der Waals surface area contributed by atoms with E-state index in [1.807, 2.05) is 24.3 Å². The molecule has 2 rings (SSSR count). The summed E-state index contributed by atoms with van der Waals surface area (Å²) < 4.78 is 3.57. The Labute approximate surface area is 127 Å². The summed E-state index contributed by atoms with van der Waals surface area (Å²) in [6.07, 6.45) is 1.10. The third-order valence-corrected chi connectivity index (χ3v) is 3.40. The number of hydrogen-bond donors (Lipinski definition) is 3. The van der Waals surface area contributed by atoms with E-state index in [4.69, 9.17) is 0 Å². The summed E-state index contributed by atoms with van der Waals surface area (Å²) >= 11 is 1.02. The molecule has 21 heavy (non-hydrogen) atoms. The van der Waals surface area contributed by atoms with Crippen molar-refractivity contribution >= 4 is 28.4 Å². The number of carbonyl (C=O) groups excluding carboxylic acids is 1. The highest BCUT2D eigenvalue weighted by Crippen LogP contribution is 2.16. The monoisotopic (exact) mass is 306 g/mol. The van der Waals surface area contributed by atoms with Gasteiger partial charge in [0.15, 0.2) is 0 Å². The number of anilines is 2. The van der Waals surface area contributed by atoms with Gasteiger partial charge in [0.05, 0.1) is 0 Å². The minimum absolute atomic E-state index is 0.292.